The first-order chi connectivity index (χ1) is 17.5. The number of nitrogens with one attached hydrogen (secondary N) is 2. The number of Topliss-reactive ketones (excluding diaryl/α,β-unsaturated/α-hetero) is 1. The van der Waals surface area contributed by atoms with Gasteiger partial charge < -0.3 is 19.8 Å². The molecular weight excluding hydrogens is 456 g/mol. The predicted molar refractivity (Wildman–Crippen MR) is 137 cm³/mol. The third-order valence-corrected chi connectivity index (χ3v) is 5.92. The molecule has 0 aliphatic heterocycles. The van der Waals surface area contributed by atoms with E-state index in [1.807, 2.05) is 73.7 Å². The zero-order valence-electron chi connectivity index (χ0n) is 20.0. The van der Waals surface area contributed by atoms with Gasteiger partial charge in [-0.2, -0.15) is 0 Å². The van der Waals surface area contributed by atoms with Crippen molar-refractivity contribution in [1.82, 2.24) is 10.3 Å². The Bertz CT molecular complexity index is 1330. The Kier molecular flexibility index (Phi) is 8.13. The number of carbonyl (C=O) groups is 3. The Labute approximate surface area is 209 Å². The third-order valence-electron chi connectivity index (χ3n) is 5.92. The number of benzene rings is 3. The molecule has 1 heterocycles. The molecule has 36 heavy (non-hydrogen) atoms. The molecule has 3 aromatic carbocycles. The first-order valence-electron chi connectivity index (χ1n) is 11.8. The summed E-state index contributed by atoms with van der Waals surface area (Å²) in [6.07, 6.45) is 2.08. The number of ether oxygens (including phenoxy) is 2. The summed E-state index contributed by atoms with van der Waals surface area (Å²) in [5.74, 6) is -1.03. The molecule has 7 nitrogen and oxygen atoms in total. The van der Waals surface area contributed by atoms with Gasteiger partial charge in [0.25, 0.3) is 0 Å². The number of aryl methyl sites for hydroxylation is 1. The summed E-state index contributed by atoms with van der Waals surface area (Å²) >= 11 is 0. The Morgan fingerprint density at radius 2 is 1.58 bits per heavy atom. The van der Waals surface area contributed by atoms with Crippen molar-refractivity contribution in [2.24, 2.45) is 0 Å². The summed E-state index contributed by atoms with van der Waals surface area (Å²) < 4.78 is 10.6. The molecule has 7 heteroatoms. The fourth-order valence-electron chi connectivity index (χ4n) is 3.87. The van der Waals surface area contributed by atoms with Crippen molar-refractivity contribution in [2.45, 2.75) is 32.4 Å². The Morgan fingerprint density at radius 3 is 2.33 bits per heavy atom. The lowest BCUT2D eigenvalue weighted by Crippen LogP contribution is -2.44. The number of hydrogen-bond donors (Lipinski definition) is 2. The number of amides is 1. The average Bonchev–Trinajstić information content (AvgIpc) is 3.33. The number of rotatable bonds is 10. The second-order valence-electron chi connectivity index (χ2n) is 8.40. The van der Waals surface area contributed by atoms with Crippen LogP contribution in [-0.2, 0) is 33.7 Å². The highest BCUT2D eigenvalue weighted by molar-refractivity contribution is 5.98. The monoisotopic (exact) mass is 484 g/mol. The van der Waals surface area contributed by atoms with E-state index in [-0.39, 0.29) is 18.8 Å². The summed E-state index contributed by atoms with van der Waals surface area (Å²) in [7, 11) is 0. The number of ketones is 1. The Balaban J connectivity index is 1.43. The number of aromatic amines is 1. The highest BCUT2D eigenvalue weighted by atomic mass is 16.6. The van der Waals surface area contributed by atoms with Crippen molar-refractivity contribution < 1.29 is 23.9 Å². The first-order valence-corrected chi connectivity index (χ1v) is 11.8. The van der Waals surface area contributed by atoms with Crippen molar-refractivity contribution in [3.63, 3.8) is 0 Å². The minimum atomic E-state index is -1.04. The highest BCUT2D eigenvalue weighted by Crippen LogP contribution is 2.19. The minimum absolute atomic E-state index is 0.0633. The fourth-order valence-corrected chi connectivity index (χ4v) is 3.87. The van der Waals surface area contributed by atoms with Gasteiger partial charge in [-0.15, -0.1) is 0 Å². The van der Waals surface area contributed by atoms with Gasteiger partial charge in [0, 0.05) is 29.1 Å². The van der Waals surface area contributed by atoms with Gasteiger partial charge in [-0.05, 0) is 29.2 Å². The van der Waals surface area contributed by atoms with Crippen molar-refractivity contribution in [3.05, 3.63) is 107 Å². The number of fused-ring (bicyclic) bond motifs is 1. The molecule has 0 aliphatic rings. The normalized spacial score (nSPS) is 11.6. The molecule has 0 fully saturated rings. The topological polar surface area (TPSA) is 97.5 Å². The number of alkyl carbamates (subject to hydrolysis) is 1. The largest absolute Gasteiger partial charge is 0.456 e. The zero-order valence-corrected chi connectivity index (χ0v) is 20.0. The van der Waals surface area contributed by atoms with E-state index >= 15 is 0 Å². The van der Waals surface area contributed by atoms with E-state index in [1.54, 1.807) is 18.3 Å². The van der Waals surface area contributed by atoms with Crippen LogP contribution in [0.4, 0.5) is 4.79 Å². The lowest BCUT2D eigenvalue weighted by Gasteiger charge is -2.17. The van der Waals surface area contributed by atoms with Crippen molar-refractivity contribution >= 4 is 28.7 Å². The zero-order chi connectivity index (χ0) is 25.3. The number of H-pyrrole nitrogens is 1. The predicted octanol–water partition coefficient (Wildman–Crippen LogP) is 4.99. The molecule has 0 saturated heterocycles. The standard InChI is InChI=1S/C29H28N2O5/c1-2-20-12-14-22(15-13-20)27(32)19-35-28(33)26(16-23-17-30-25-11-7-6-10-24(23)25)31-29(34)36-18-21-8-4-3-5-9-21/h3-15,17,26,30H,2,16,18-19H2,1H3,(H,31,34). The van der Waals surface area contributed by atoms with E-state index in [0.717, 1.165) is 34.0 Å². The summed E-state index contributed by atoms with van der Waals surface area (Å²) in [5.41, 5.74) is 4.14. The lowest BCUT2D eigenvalue weighted by atomic mass is 10.0. The molecule has 1 atom stereocenters. The van der Waals surface area contributed by atoms with Gasteiger partial charge in [0.05, 0.1) is 0 Å². The van der Waals surface area contributed by atoms with Gasteiger partial charge >= 0.3 is 12.1 Å². The second kappa shape index (κ2) is 11.8. The van der Waals surface area contributed by atoms with E-state index in [4.69, 9.17) is 9.47 Å². The highest BCUT2D eigenvalue weighted by Gasteiger charge is 2.25. The van der Waals surface area contributed by atoms with E-state index in [0.29, 0.717) is 5.56 Å². The van der Waals surface area contributed by atoms with Crippen LogP contribution >= 0.6 is 0 Å². The fraction of sp³-hybridized carbons (Fsp3) is 0.207. The number of esters is 1. The maximum Gasteiger partial charge on any atom is 0.408 e. The SMILES string of the molecule is CCc1ccc(C(=O)COC(=O)C(Cc2c[nH]c3ccccc23)NC(=O)OCc2ccccc2)cc1. The quantitative estimate of drug-likeness (QED) is 0.244. The molecule has 1 unspecified atom stereocenters. The van der Waals surface area contributed by atoms with Crippen LogP contribution in [0.1, 0.15) is 34.0 Å². The Morgan fingerprint density at radius 1 is 0.861 bits per heavy atom. The third kappa shape index (κ3) is 6.39. The molecule has 0 aliphatic carbocycles. The first kappa shape index (κ1) is 24.7. The van der Waals surface area contributed by atoms with Gasteiger partial charge in [0.1, 0.15) is 12.6 Å². The number of para-hydroxylation sites is 1. The maximum atomic E-state index is 13.0. The van der Waals surface area contributed by atoms with Gasteiger partial charge in [-0.25, -0.2) is 9.59 Å². The van der Waals surface area contributed by atoms with Gasteiger partial charge in [-0.1, -0.05) is 79.7 Å². The molecule has 0 spiro atoms. The molecule has 4 rings (SSSR count). The van der Waals surface area contributed by atoms with Crippen LogP contribution in [0.15, 0.2) is 85.1 Å². The van der Waals surface area contributed by atoms with Crippen molar-refractivity contribution in [2.75, 3.05) is 6.61 Å². The van der Waals surface area contributed by atoms with E-state index in [2.05, 4.69) is 10.3 Å². The van der Waals surface area contributed by atoms with Crippen LogP contribution in [0.25, 0.3) is 10.9 Å². The molecule has 2 N–H and O–H groups in total. The lowest BCUT2D eigenvalue weighted by molar-refractivity contribution is -0.144. The molecule has 0 saturated carbocycles. The van der Waals surface area contributed by atoms with Crippen LogP contribution in [0.5, 0.6) is 0 Å². The molecule has 4 aromatic rings. The molecule has 0 bridgehead atoms. The van der Waals surface area contributed by atoms with E-state index in [1.165, 1.54) is 0 Å². The van der Waals surface area contributed by atoms with Crippen LogP contribution in [0, 0.1) is 0 Å². The van der Waals surface area contributed by atoms with Gasteiger partial charge in [0.2, 0.25) is 0 Å². The molecular formula is C29H28N2O5. The van der Waals surface area contributed by atoms with Crippen LogP contribution < -0.4 is 5.32 Å². The number of aromatic nitrogens is 1. The summed E-state index contributed by atoms with van der Waals surface area (Å²) in [6.45, 7) is 1.67. The smallest absolute Gasteiger partial charge is 0.408 e. The maximum absolute atomic E-state index is 13.0. The second-order valence-corrected chi connectivity index (χ2v) is 8.40. The van der Waals surface area contributed by atoms with E-state index in [9.17, 15) is 14.4 Å². The summed E-state index contributed by atoms with van der Waals surface area (Å²) in [5, 5.41) is 3.54. The van der Waals surface area contributed by atoms with Crippen LogP contribution in [-0.4, -0.2) is 35.5 Å². The minimum Gasteiger partial charge on any atom is -0.456 e. The number of hydrogen-bond acceptors (Lipinski definition) is 5. The average molecular weight is 485 g/mol. The van der Waals surface area contributed by atoms with Crippen LogP contribution in [0.3, 0.4) is 0 Å². The summed E-state index contributed by atoms with van der Waals surface area (Å²) in [6, 6.07) is 23.1. The Hall–Kier alpha value is -4.39. The molecule has 1 amide bonds. The van der Waals surface area contributed by atoms with E-state index < -0.39 is 24.7 Å². The summed E-state index contributed by atoms with van der Waals surface area (Å²) in [4.78, 5) is 41.2. The molecule has 0 radical (unpaired) electrons. The van der Waals surface area contributed by atoms with Gasteiger partial charge in [-0.3, -0.25) is 4.79 Å². The number of carbonyl (C=O) groups excluding carboxylic acids is 3. The van der Waals surface area contributed by atoms with Crippen molar-refractivity contribution in [1.29, 1.82) is 0 Å². The molecule has 1 aromatic heterocycles. The van der Waals surface area contributed by atoms with Gasteiger partial charge in [0.15, 0.2) is 12.4 Å². The molecule has 184 valence electrons. The van der Waals surface area contributed by atoms with Crippen molar-refractivity contribution in [3.8, 4) is 0 Å². The van der Waals surface area contributed by atoms with Crippen LogP contribution in [0.2, 0.25) is 0 Å².